The maximum atomic E-state index is 12.8. The number of hydrogen-bond acceptors (Lipinski definition) is 6. The van der Waals surface area contributed by atoms with Crippen molar-refractivity contribution < 1.29 is 14.3 Å². The minimum Gasteiger partial charge on any atom is -0.381 e. The summed E-state index contributed by atoms with van der Waals surface area (Å²) in [7, 11) is 0. The molecule has 0 aliphatic carbocycles. The summed E-state index contributed by atoms with van der Waals surface area (Å²) in [5.41, 5.74) is 2.44. The number of aromatic nitrogens is 1. The van der Waals surface area contributed by atoms with Gasteiger partial charge >= 0.3 is 0 Å². The molecule has 4 rings (SSSR count). The van der Waals surface area contributed by atoms with Crippen molar-refractivity contribution in [2.75, 3.05) is 31.4 Å². The number of carbonyl (C=O) groups is 2. The highest BCUT2D eigenvalue weighted by molar-refractivity contribution is 7.99. The highest BCUT2D eigenvalue weighted by Crippen LogP contribution is 2.24. The second kappa shape index (κ2) is 9.45. The van der Waals surface area contributed by atoms with Gasteiger partial charge in [0, 0.05) is 30.5 Å². The van der Waals surface area contributed by atoms with Crippen molar-refractivity contribution in [3.05, 3.63) is 41.6 Å². The Morgan fingerprint density at radius 1 is 1.30 bits per heavy atom. The first kappa shape index (κ1) is 20.6. The fourth-order valence-electron chi connectivity index (χ4n) is 3.95. The molecule has 2 aliphatic heterocycles. The lowest BCUT2D eigenvalue weighted by atomic mass is 9.91. The Morgan fingerprint density at radius 3 is 2.93 bits per heavy atom. The predicted molar refractivity (Wildman–Crippen MR) is 115 cm³/mol. The number of fused-ring (bicyclic) bond motifs is 1. The largest absolute Gasteiger partial charge is 0.381 e. The molecule has 8 heteroatoms. The van der Waals surface area contributed by atoms with E-state index in [1.807, 2.05) is 12.1 Å². The molecular formula is C22H24N4O3S. The minimum atomic E-state index is -0.422. The van der Waals surface area contributed by atoms with E-state index in [4.69, 9.17) is 10.00 Å². The third-order valence-electron chi connectivity index (χ3n) is 5.67. The third kappa shape index (κ3) is 4.58. The van der Waals surface area contributed by atoms with E-state index < -0.39 is 6.04 Å². The van der Waals surface area contributed by atoms with Crippen LogP contribution in [-0.2, 0) is 16.0 Å². The van der Waals surface area contributed by atoms with E-state index in [9.17, 15) is 9.59 Å². The molecule has 1 atom stereocenters. The first-order valence-electron chi connectivity index (χ1n) is 10.2. The molecule has 1 aromatic heterocycles. The van der Waals surface area contributed by atoms with Crippen molar-refractivity contribution >= 4 is 34.5 Å². The predicted octanol–water partition coefficient (Wildman–Crippen LogP) is 2.36. The number of rotatable bonds is 5. The van der Waals surface area contributed by atoms with Gasteiger partial charge in [-0.1, -0.05) is 6.07 Å². The summed E-state index contributed by atoms with van der Waals surface area (Å²) in [6, 6.07) is 9.46. The molecule has 30 heavy (non-hydrogen) atoms. The molecule has 156 valence electrons. The molecule has 0 unspecified atom stereocenters. The lowest BCUT2D eigenvalue weighted by Gasteiger charge is -2.22. The Morgan fingerprint density at radius 2 is 2.13 bits per heavy atom. The molecule has 0 saturated carbocycles. The van der Waals surface area contributed by atoms with Crippen LogP contribution in [0.4, 0.5) is 0 Å². The Kier molecular flexibility index (Phi) is 6.50. The zero-order chi connectivity index (χ0) is 20.9. The SMILES string of the molecule is N#C[C@@H]1CSCN1C(=O)CNC(=O)c1ccnc2ccc(CC3CCOCC3)cc12. The molecule has 1 aromatic carbocycles. The van der Waals surface area contributed by atoms with Crippen LogP contribution in [0.15, 0.2) is 30.5 Å². The van der Waals surface area contributed by atoms with Gasteiger partial charge in [0.05, 0.1) is 29.6 Å². The second-order valence-corrected chi connectivity index (χ2v) is 8.66. The number of ether oxygens (including phenoxy) is 1. The van der Waals surface area contributed by atoms with Crippen LogP contribution in [0.5, 0.6) is 0 Å². The topological polar surface area (TPSA) is 95.3 Å². The van der Waals surface area contributed by atoms with Crippen molar-refractivity contribution in [1.29, 1.82) is 5.26 Å². The van der Waals surface area contributed by atoms with Crippen LogP contribution in [0.25, 0.3) is 10.9 Å². The Labute approximate surface area is 179 Å². The summed E-state index contributed by atoms with van der Waals surface area (Å²) in [5.74, 6) is 1.15. The highest BCUT2D eigenvalue weighted by atomic mass is 32.2. The van der Waals surface area contributed by atoms with Crippen LogP contribution >= 0.6 is 11.8 Å². The Bertz CT molecular complexity index is 984. The van der Waals surface area contributed by atoms with E-state index in [0.717, 1.165) is 43.4 Å². The van der Waals surface area contributed by atoms with E-state index in [-0.39, 0.29) is 18.4 Å². The number of hydrogen-bond donors (Lipinski definition) is 1. The first-order valence-corrected chi connectivity index (χ1v) is 11.3. The molecule has 2 amide bonds. The van der Waals surface area contributed by atoms with E-state index in [1.165, 1.54) is 10.5 Å². The summed E-state index contributed by atoms with van der Waals surface area (Å²) >= 11 is 1.55. The molecule has 2 saturated heterocycles. The van der Waals surface area contributed by atoms with Crippen LogP contribution in [0.2, 0.25) is 0 Å². The molecule has 0 radical (unpaired) electrons. The van der Waals surface area contributed by atoms with Crippen LogP contribution in [0, 0.1) is 17.2 Å². The molecule has 2 fully saturated rings. The van der Waals surface area contributed by atoms with Gasteiger partial charge < -0.3 is 15.0 Å². The third-order valence-corrected chi connectivity index (χ3v) is 6.68. The first-order chi connectivity index (χ1) is 14.7. The minimum absolute atomic E-state index is 0.122. The summed E-state index contributed by atoms with van der Waals surface area (Å²) in [6.07, 6.45) is 4.67. The maximum Gasteiger partial charge on any atom is 0.252 e. The second-order valence-electron chi connectivity index (χ2n) is 7.66. The summed E-state index contributed by atoms with van der Waals surface area (Å²) < 4.78 is 5.44. The normalized spacial score (nSPS) is 19.6. The van der Waals surface area contributed by atoms with Crippen molar-refractivity contribution in [2.24, 2.45) is 5.92 Å². The lowest BCUT2D eigenvalue weighted by Crippen LogP contribution is -2.42. The molecule has 3 heterocycles. The standard InChI is InChI=1S/C22H24N4O3S/c23-11-17-13-30-14-26(17)21(27)12-25-22(28)18-3-6-24-20-2-1-16(10-19(18)20)9-15-4-7-29-8-5-15/h1-3,6,10,15,17H,4-5,7-9,12-14H2,(H,25,28)/t17-/m1/s1. The molecule has 2 aliphatic rings. The highest BCUT2D eigenvalue weighted by Gasteiger charge is 2.29. The fourth-order valence-corrected chi connectivity index (χ4v) is 5.05. The van der Waals surface area contributed by atoms with Gasteiger partial charge in [0.15, 0.2) is 0 Å². The van der Waals surface area contributed by atoms with Crippen LogP contribution in [0.3, 0.4) is 0 Å². The van der Waals surface area contributed by atoms with Gasteiger partial charge in [-0.15, -0.1) is 11.8 Å². The Balaban J connectivity index is 1.47. The fraction of sp³-hybridized carbons (Fsp3) is 0.455. The number of nitrogens with one attached hydrogen (secondary N) is 1. The smallest absolute Gasteiger partial charge is 0.252 e. The summed E-state index contributed by atoms with van der Waals surface area (Å²) in [5, 5.41) is 12.7. The monoisotopic (exact) mass is 424 g/mol. The number of pyridine rings is 1. The van der Waals surface area contributed by atoms with Gasteiger partial charge in [0.25, 0.3) is 5.91 Å². The molecule has 1 N–H and O–H groups in total. The van der Waals surface area contributed by atoms with Gasteiger partial charge in [-0.3, -0.25) is 14.6 Å². The summed E-state index contributed by atoms with van der Waals surface area (Å²) in [4.78, 5) is 31.1. The van der Waals surface area contributed by atoms with Gasteiger partial charge in [0.2, 0.25) is 5.91 Å². The van der Waals surface area contributed by atoms with Crippen molar-refractivity contribution in [2.45, 2.75) is 25.3 Å². The van der Waals surface area contributed by atoms with Crippen LogP contribution in [0.1, 0.15) is 28.8 Å². The molecular weight excluding hydrogens is 400 g/mol. The van der Waals surface area contributed by atoms with Gasteiger partial charge in [-0.2, -0.15) is 5.26 Å². The quantitative estimate of drug-likeness (QED) is 0.792. The average Bonchev–Trinajstić information content (AvgIpc) is 3.26. The van der Waals surface area contributed by atoms with E-state index in [2.05, 4.69) is 22.4 Å². The number of amides is 2. The van der Waals surface area contributed by atoms with Crippen molar-refractivity contribution in [3.63, 3.8) is 0 Å². The van der Waals surface area contributed by atoms with Gasteiger partial charge in [-0.25, -0.2) is 0 Å². The Hall–Kier alpha value is -2.63. The van der Waals surface area contributed by atoms with Gasteiger partial charge in [0.1, 0.15) is 6.04 Å². The number of benzene rings is 1. The van der Waals surface area contributed by atoms with Gasteiger partial charge in [-0.05, 0) is 48.9 Å². The number of nitriles is 1. The number of thioether (sulfide) groups is 1. The summed E-state index contributed by atoms with van der Waals surface area (Å²) in [6.45, 7) is 1.50. The number of nitrogens with zero attached hydrogens (tertiary/aromatic N) is 3. The average molecular weight is 425 g/mol. The number of carbonyl (C=O) groups excluding carboxylic acids is 2. The van der Waals surface area contributed by atoms with E-state index in [0.29, 0.717) is 23.1 Å². The van der Waals surface area contributed by atoms with Crippen molar-refractivity contribution in [1.82, 2.24) is 15.2 Å². The molecule has 0 bridgehead atoms. The lowest BCUT2D eigenvalue weighted by molar-refractivity contribution is -0.129. The molecule has 7 nitrogen and oxygen atoms in total. The molecule has 0 spiro atoms. The van der Waals surface area contributed by atoms with Crippen LogP contribution < -0.4 is 5.32 Å². The maximum absolute atomic E-state index is 12.8. The zero-order valence-corrected chi connectivity index (χ0v) is 17.5. The van der Waals surface area contributed by atoms with Crippen molar-refractivity contribution in [3.8, 4) is 6.07 Å². The van der Waals surface area contributed by atoms with E-state index in [1.54, 1.807) is 24.0 Å². The molecule has 2 aromatic rings. The zero-order valence-electron chi connectivity index (χ0n) is 16.7. The van der Waals surface area contributed by atoms with Crippen LogP contribution in [-0.4, -0.2) is 59.1 Å². The van der Waals surface area contributed by atoms with E-state index >= 15 is 0 Å².